The molecule has 3 aromatic rings. The van der Waals surface area contributed by atoms with Crippen LogP contribution in [0.3, 0.4) is 0 Å². The number of nitrogens with one attached hydrogen (secondary N) is 1. The molecule has 0 amide bonds. The number of nitrogens with zero attached hydrogens (tertiary/aromatic N) is 3. The Kier molecular flexibility index (Phi) is 6.24. The lowest BCUT2D eigenvalue weighted by atomic mass is 10.1. The third-order valence-corrected chi connectivity index (χ3v) is 4.75. The molecular formula is C20H17ClN4O2S. The zero-order valence-electron chi connectivity index (χ0n) is 15.5. The molecule has 2 aromatic carbocycles. The molecule has 0 radical (unpaired) electrons. The summed E-state index contributed by atoms with van der Waals surface area (Å²) in [6, 6.07) is 14.8. The minimum atomic E-state index is 0.343. The quantitative estimate of drug-likeness (QED) is 0.442. The van der Waals surface area contributed by atoms with Crippen LogP contribution in [0.5, 0.6) is 11.5 Å². The van der Waals surface area contributed by atoms with Crippen molar-refractivity contribution in [3.63, 3.8) is 0 Å². The Morgan fingerprint density at radius 2 is 1.75 bits per heavy atom. The van der Waals surface area contributed by atoms with Gasteiger partial charge in [-0.15, -0.1) is 0 Å². The molecule has 142 valence electrons. The summed E-state index contributed by atoms with van der Waals surface area (Å²) in [5, 5.41) is 14.2. The zero-order valence-corrected chi connectivity index (χ0v) is 17.1. The molecule has 0 aliphatic heterocycles. The normalized spacial score (nSPS) is 10.2. The Labute approximate surface area is 172 Å². The second kappa shape index (κ2) is 8.83. The third kappa shape index (κ3) is 4.14. The first-order chi connectivity index (χ1) is 13.6. The number of nitriles is 1. The molecule has 3 rings (SSSR count). The highest BCUT2D eigenvalue weighted by Crippen LogP contribution is 2.34. The highest BCUT2D eigenvalue weighted by Gasteiger charge is 2.17. The summed E-state index contributed by atoms with van der Waals surface area (Å²) in [6.45, 7) is 0. The van der Waals surface area contributed by atoms with Gasteiger partial charge in [0.2, 0.25) is 0 Å². The maximum Gasteiger partial charge on any atom is 0.189 e. The molecule has 0 saturated heterocycles. The van der Waals surface area contributed by atoms with Crippen LogP contribution in [0.25, 0.3) is 11.3 Å². The largest absolute Gasteiger partial charge is 0.493 e. The van der Waals surface area contributed by atoms with E-state index in [9.17, 15) is 5.26 Å². The Morgan fingerprint density at radius 3 is 2.36 bits per heavy atom. The number of benzene rings is 2. The van der Waals surface area contributed by atoms with Gasteiger partial charge in [0, 0.05) is 22.3 Å². The average molecular weight is 413 g/mol. The molecule has 1 heterocycles. The van der Waals surface area contributed by atoms with E-state index in [4.69, 9.17) is 21.1 Å². The number of rotatable bonds is 6. The summed E-state index contributed by atoms with van der Waals surface area (Å²) in [6.07, 6.45) is 1.88. The fourth-order valence-corrected chi connectivity index (χ4v) is 3.09. The number of halogens is 1. The van der Waals surface area contributed by atoms with E-state index in [2.05, 4.69) is 21.4 Å². The molecule has 0 saturated carbocycles. The Morgan fingerprint density at radius 1 is 1.04 bits per heavy atom. The molecule has 0 aliphatic rings. The van der Waals surface area contributed by atoms with Crippen molar-refractivity contribution in [1.82, 2.24) is 9.97 Å². The zero-order chi connectivity index (χ0) is 20.1. The topological polar surface area (TPSA) is 80.1 Å². The number of ether oxygens (including phenoxy) is 2. The molecular weight excluding hydrogens is 396 g/mol. The van der Waals surface area contributed by atoms with Crippen molar-refractivity contribution in [2.45, 2.75) is 5.16 Å². The Hall–Kier alpha value is -2.95. The van der Waals surface area contributed by atoms with Gasteiger partial charge in [0.1, 0.15) is 11.6 Å². The van der Waals surface area contributed by atoms with Crippen molar-refractivity contribution in [2.75, 3.05) is 25.8 Å². The predicted molar refractivity (Wildman–Crippen MR) is 112 cm³/mol. The van der Waals surface area contributed by atoms with Crippen LogP contribution in [-0.2, 0) is 0 Å². The summed E-state index contributed by atoms with van der Waals surface area (Å²) in [4.78, 5) is 9.01. The monoisotopic (exact) mass is 412 g/mol. The minimum Gasteiger partial charge on any atom is -0.493 e. The maximum absolute atomic E-state index is 9.79. The van der Waals surface area contributed by atoms with Crippen LogP contribution in [0, 0.1) is 11.3 Å². The lowest BCUT2D eigenvalue weighted by molar-refractivity contribution is 0.355. The van der Waals surface area contributed by atoms with Crippen LogP contribution in [0.2, 0.25) is 5.02 Å². The van der Waals surface area contributed by atoms with Gasteiger partial charge in [-0.25, -0.2) is 9.97 Å². The Bertz CT molecular complexity index is 1040. The molecule has 0 unspecified atom stereocenters. The van der Waals surface area contributed by atoms with Gasteiger partial charge >= 0.3 is 0 Å². The number of anilines is 2. The van der Waals surface area contributed by atoms with Crippen molar-refractivity contribution in [3.8, 4) is 28.8 Å². The minimum absolute atomic E-state index is 0.343. The van der Waals surface area contributed by atoms with Crippen LogP contribution in [0.4, 0.5) is 11.5 Å². The van der Waals surface area contributed by atoms with E-state index in [0.717, 1.165) is 5.56 Å². The fourth-order valence-electron chi connectivity index (χ4n) is 2.60. The van der Waals surface area contributed by atoms with Crippen molar-refractivity contribution in [2.24, 2.45) is 0 Å². The third-order valence-electron chi connectivity index (χ3n) is 3.95. The molecule has 8 heteroatoms. The van der Waals surface area contributed by atoms with Gasteiger partial charge in [-0.05, 0) is 30.5 Å². The van der Waals surface area contributed by atoms with E-state index < -0.39 is 0 Å². The molecule has 0 fully saturated rings. The van der Waals surface area contributed by atoms with Crippen molar-refractivity contribution in [3.05, 3.63) is 53.1 Å². The summed E-state index contributed by atoms with van der Waals surface area (Å²) in [5.41, 5.74) is 2.38. The maximum atomic E-state index is 9.79. The molecule has 1 aromatic heterocycles. The molecule has 28 heavy (non-hydrogen) atoms. The highest BCUT2D eigenvalue weighted by molar-refractivity contribution is 7.98. The summed E-state index contributed by atoms with van der Waals surface area (Å²) in [5.74, 6) is 1.60. The summed E-state index contributed by atoms with van der Waals surface area (Å²) in [7, 11) is 3.14. The molecule has 0 aliphatic carbocycles. The standard InChI is InChI=1S/C20H17ClN4O2S/c1-26-16-9-8-14(10-17(16)27-2)23-19-15(11-22)18(24-20(25-19)28-3)12-4-6-13(21)7-5-12/h4-10H,1-3H3,(H,23,24,25). The van der Waals surface area contributed by atoms with E-state index in [-0.39, 0.29) is 0 Å². The van der Waals surface area contributed by atoms with Gasteiger partial charge in [-0.2, -0.15) is 5.26 Å². The van der Waals surface area contributed by atoms with Crippen molar-refractivity contribution >= 4 is 34.9 Å². The number of hydrogen-bond acceptors (Lipinski definition) is 7. The van der Waals surface area contributed by atoms with Crippen LogP contribution >= 0.6 is 23.4 Å². The summed E-state index contributed by atoms with van der Waals surface area (Å²) < 4.78 is 10.6. The van der Waals surface area contributed by atoms with E-state index in [0.29, 0.717) is 44.4 Å². The van der Waals surface area contributed by atoms with E-state index >= 15 is 0 Å². The lowest BCUT2D eigenvalue weighted by Gasteiger charge is -2.14. The van der Waals surface area contributed by atoms with Gasteiger partial charge in [-0.3, -0.25) is 0 Å². The molecule has 1 N–H and O–H groups in total. The fraction of sp³-hybridized carbons (Fsp3) is 0.150. The second-order valence-electron chi connectivity index (χ2n) is 5.60. The smallest absolute Gasteiger partial charge is 0.189 e. The van der Waals surface area contributed by atoms with E-state index in [1.807, 2.05) is 24.5 Å². The van der Waals surface area contributed by atoms with Crippen molar-refractivity contribution in [1.29, 1.82) is 5.26 Å². The van der Waals surface area contributed by atoms with Gasteiger partial charge in [0.25, 0.3) is 0 Å². The van der Waals surface area contributed by atoms with E-state index in [1.54, 1.807) is 38.5 Å². The number of hydrogen-bond donors (Lipinski definition) is 1. The van der Waals surface area contributed by atoms with Crippen LogP contribution in [0.15, 0.2) is 47.6 Å². The average Bonchev–Trinajstić information content (AvgIpc) is 2.73. The lowest BCUT2D eigenvalue weighted by Crippen LogP contribution is -2.03. The summed E-state index contributed by atoms with van der Waals surface area (Å²) >= 11 is 7.38. The SMILES string of the molecule is COc1ccc(Nc2nc(SC)nc(-c3ccc(Cl)cc3)c2C#N)cc1OC. The first kappa shape index (κ1) is 19.8. The highest BCUT2D eigenvalue weighted by atomic mass is 35.5. The van der Waals surface area contributed by atoms with Crippen LogP contribution in [0.1, 0.15) is 5.56 Å². The molecule has 6 nitrogen and oxygen atoms in total. The second-order valence-corrected chi connectivity index (χ2v) is 6.81. The van der Waals surface area contributed by atoms with Gasteiger partial charge < -0.3 is 14.8 Å². The van der Waals surface area contributed by atoms with Gasteiger partial charge in [0.15, 0.2) is 22.5 Å². The molecule has 0 bridgehead atoms. The first-order valence-corrected chi connectivity index (χ1v) is 9.81. The number of methoxy groups -OCH3 is 2. The number of aromatic nitrogens is 2. The Balaban J connectivity index is 2.09. The van der Waals surface area contributed by atoms with Gasteiger partial charge in [-0.1, -0.05) is 35.5 Å². The number of thioether (sulfide) groups is 1. The predicted octanol–water partition coefficient (Wildman–Crippen LogP) is 5.15. The van der Waals surface area contributed by atoms with Crippen molar-refractivity contribution < 1.29 is 9.47 Å². The van der Waals surface area contributed by atoms with Crippen LogP contribution < -0.4 is 14.8 Å². The molecule has 0 atom stereocenters. The first-order valence-electron chi connectivity index (χ1n) is 8.20. The van der Waals surface area contributed by atoms with E-state index in [1.165, 1.54) is 11.8 Å². The van der Waals surface area contributed by atoms with Crippen LogP contribution in [-0.4, -0.2) is 30.4 Å². The van der Waals surface area contributed by atoms with Gasteiger partial charge in [0.05, 0.1) is 19.9 Å². The molecule has 0 spiro atoms.